The Morgan fingerprint density at radius 1 is 0.173 bits per heavy atom. The van der Waals surface area contributed by atoms with Crippen molar-refractivity contribution < 1.29 is 13.3 Å². The van der Waals surface area contributed by atoms with Gasteiger partial charge in [-0.2, -0.15) is 0 Å². The number of furan rings is 3. The normalized spacial score (nSPS) is 12.3. The van der Waals surface area contributed by atoms with Crippen LogP contribution >= 0.6 is 0 Å². The second-order valence-electron chi connectivity index (χ2n) is 20.2. The van der Waals surface area contributed by atoms with Crippen LogP contribution < -0.4 is 0 Å². The molecule has 0 atom stereocenters. The first-order valence-electron chi connectivity index (χ1n) is 25.7. The molecule has 346 valence electrons. The van der Waals surface area contributed by atoms with E-state index in [1.165, 1.54) is 76.1 Å². The minimum absolute atomic E-state index is 0.863. The molecule has 0 spiro atoms. The summed E-state index contributed by atoms with van der Waals surface area (Å²) in [6.45, 7) is 0. The van der Waals surface area contributed by atoms with Gasteiger partial charge >= 0.3 is 0 Å². The predicted octanol–water partition coefficient (Wildman–Crippen LogP) is 21.0. The Labute approximate surface area is 428 Å². The van der Waals surface area contributed by atoms with Crippen LogP contribution in [0.4, 0.5) is 0 Å². The van der Waals surface area contributed by atoms with Gasteiger partial charge in [-0.25, -0.2) is 0 Å². The standard InChI is InChI=1S/C72H40O3/c1-3-15-47-41(13-1)25-32-58-61-38-44(29-35-64(61)74-71(47)58)68-52-19-7-5-17-50(52)67(51-18-6-8-20-53(51)68)43-28-34-63-60(37-43)49-31-27-46(40-66(49)73-63)70-56-23-11-9-21-54(56)69(55-22-10-12-24-57(55)70)45-30-36-65-62(39-45)59-33-26-42-14-2-4-16-48(42)72(59)75-65/h1-40H. The lowest BCUT2D eigenvalue weighted by atomic mass is 9.85. The highest BCUT2D eigenvalue weighted by molar-refractivity contribution is 6.26. The minimum atomic E-state index is 0.863. The smallest absolute Gasteiger partial charge is 0.143 e. The van der Waals surface area contributed by atoms with Crippen molar-refractivity contribution in [2.24, 2.45) is 0 Å². The van der Waals surface area contributed by atoms with Crippen LogP contribution in [0.15, 0.2) is 256 Å². The highest BCUT2D eigenvalue weighted by Crippen LogP contribution is 2.49. The van der Waals surface area contributed by atoms with Crippen molar-refractivity contribution in [3.8, 4) is 44.5 Å². The van der Waals surface area contributed by atoms with Crippen molar-refractivity contribution >= 4 is 130 Å². The van der Waals surface area contributed by atoms with E-state index < -0.39 is 0 Å². The number of hydrogen-bond acceptors (Lipinski definition) is 3. The van der Waals surface area contributed by atoms with Crippen LogP contribution in [0.5, 0.6) is 0 Å². The van der Waals surface area contributed by atoms with Crippen LogP contribution in [-0.4, -0.2) is 0 Å². The van der Waals surface area contributed by atoms with E-state index in [0.29, 0.717) is 0 Å². The van der Waals surface area contributed by atoms with Crippen LogP contribution in [0.2, 0.25) is 0 Å². The van der Waals surface area contributed by atoms with E-state index in [-0.39, 0.29) is 0 Å². The fourth-order valence-corrected chi connectivity index (χ4v) is 12.9. The third-order valence-electron chi connectivity index (χ3n) is 16.2. The summed E-state index contributed by atoms with van der Waals surface area (Å²) in [5.41, 5.74) is 14.8. The van der Waals surface area contributed by atoms with Gasteiger partial charge in [0.2, 0.25) is 0 Å². The van der Waals surface area contributed by atoms with Gasteiger partial charge in [-0.1, -0.05) is 182 Å². The Morgan fingerprint density at radius 3 is 0.853 bits per heavy atom. The quantitative estimate of drug-likeness (QED) is 0.165. The lowest BCUT2D eigenvalue weighted by Gasteiger charge is -2.18. The number of hydrogen-bond donors (Lipinski definition) is 0. The van der Waals surface area contributed by atoms with E-state index in [9.17, 15) is 0 Å². The van der Waals surface area contributed by atoms with Crippen molar-refractivity contribution in [1.82, 2.24) is 0 Å². The van der Waals surface area contributed by atoms with Gasteiger partial charge in [-0.3, -0.25) is 0 Å². The molecular weight excluding hydrogens is 913 g/mol. The monoisotopic (exact) mass is 952 g/mol. The summed E-state index contributed by atoms with van der Waals surface area (Å²) < 4.78 is 20.0. The van der Waals surface area contributed by atoms with Gasteiger partial charge in [0, 0.05) is 43.1 Å². The summed E-state index contributed by atoms with van der Waals surface area (Å²) in [5.74, 6) is 0. The first-order chi connectivity index (χ1) is 37.2. The largest absolute Gasteiger partial charge is 0.456 e. The summed E-state index contributed by atoms with van der Waals surface area (Å²) in [5, 5.41) is 20.9. The Morgan fingerprint density at radius 2 is 0.467 bits per heavy atom. The summed E-state index contributed by atoms with van der Waals surface area (Å²) >= 11 is 0. The average molecular weight is 953 g/mol. The molecule has 0 unspecified atom stereocenters. The van der Waals surface area contributed by atoms with Crippen LogP contribution in [0.1, 0.15) is 0 Å². The lowest BCUT2D eigenvalue weighted by Crippen LogP contribution is -1.91. The van der Waals surface area contributed by atoms with Gasteiger partial charge in [0.25, 0.3) is 0 Å². The van der Waals surface area contributed by atoms with Crippen LogP contribution in [0, 0.1) is 0 Å². The molecule has 0 aliphatic carbocycles. The molecule has 75 heavy (non-hydrogen) atoms. The van der Waals surface area contributed by atoms with Gasteiger partial charge in [0.15, 0.2) is 0 Å². The van der Waals surface area contributed by atoms with E-state index in [1.807, 2.05) is 0 Å². The van der Waals surface area contributed by atoms with E-state index >= 15 is 0 Å². The maximum absolute atomic E-state index is 6.84. The van der Waals surface area contributed by atoms with Crippen molar-refractivity contribution in [3.05, 3.63) is 243 Å². The van der Waals surface area contributed by atoms with Crippen LogP contribution in [0.3, 0.4) is 0 Å². The molecule has 14 aromatic carbocycles. The lowest BCUT2D eigenvalue weighted by molar-refractivity contribution is 0.669. The molecule has 17 rings (SSSR count). The molecule has 0 bridgehead atoms. The summed E-state index contributed by atoms with van der Waals surface area (Å²) in [4.78, 5) is 0. The Hall–Kier alpha value is -9.96. The van der Waals surface area contributed by atoms with Crippen molar-refractivity contribution in [2.45, 2.75) is 0 Å². The molecule has 3 nitrogen and oxygen atoms in total. The molecule has 0 aliphatic rings. The van der Waals surface area contributed by atoms with E-state index in [0.717, 1.165) is 98.8 Å². The molecule has 0 amide bonds. The van der Waals surface area contributed by atoms with Crippen molar-refractivity contribution in [1.29, 1.82) is 0 Å². The molecule has 0 radical (unpaired) electrons. The van der Waals surface area contributed by atoms with Gasteiger partial charge in [-0.15, -0.1) is 0 Å². The van der Waals surface area contributed by atoms with Gasteiger partial charge < -0.3 is 13.3 Å². The fraction of sp³-hybridized carbons (Fsp3) is 0. The summed E-state index contributed by atoms with van der Waals surface area (Å²) in [7, 11) is 0. The molecule has 0 fully saturated rings. The van der Waals surface area contributed by atoms with Crippen LogP contribution in [0.25, 0.3) is 175 Å². The fourth-order valence-electron chi connectivity index (χ4n) is 12.9. The summed E-state index contributed by atoms with van der Waals surface area (Å²) in [6.07, 6.45) is 0. The van der Waals surface area contributed by atoms with Gasteiger partial charge in [0.05, 0.1) is 0 Å². The van der Waals surface area contributed by atoms with Crippen molar-refractivity contribution in [3.63, 3.8) is 0 Å². The summed E-state index contributed by atoms with van der Waals surface area (Å²) in [6, 6.07) is 88.1. The molecule has 3 heteroatoms. The molecule has 3 heterocycles. The molecular formula is C72H40O3. The number of rotatable bonds is 4. The number of fused-ring (bicyclic) bond motifs is 17. The molecule has 3 aromatic heterocycles. The van der Waals surface area contributed by atoms with E-state index in [2.05, 4.69) is 243 Å². The van der Waals surface area contributed by atoms with E-state index in [4.69, 9.17) is 13.3 Å². The molecule has 0 saturated heterocycles. The van der Waals surface area contributed by atoms with Gasteiger partial charge in [-0.05, 0) is 159 Å². The molecule has 17 aromatic rings. The Balaban J connectivity index is 0.812. The van der Waals surface area contributed by atoms with Crippen LogP contribution in [-0.2, 0) is 0 Å². The number of benzene rings is 14. The first-order valence-corrected chi connectivity index (χ1v) is 25.7. The Bertz CT molecular complexity index is 5200. The predicted molar refractivity (Wildman–Crippen MR) is 315 cm³/mol. The first kappa shape index (κ1) is 40.6. The third-order valence-corrected chi connectivity index (χ3v) is 16.2. The topological polar surface area (TPSA) is 39.4 Å². The maximum Gasteiger partial charge on any atom is 0.143 e. The highest BCUT2D eigenvalue weighted by Gasteiger charge is 2.22. The average Bonchev–Trinajstić information content (AvgIpc) is 4.17. The SMILES string of the molecule is c1ccc2c(c1)ccc1c3cc(-c4c5ccccc5c(-c5ccc6c(c5)oc5ccc(-c7c8ccccc8c(-c8ccc9oc%10c%11ccccc%11ccc%10c9c8)c8ccccc78)cc56)c5ccccc45)ccc3oc21. The zero-order valence-corrected chi connectivity index (χ0v) is 40.3. The van der Waals surface area contributed by atoms with E-state index in [1.54, 1.807) is 0 Å². The third kappa shape index (κ3) is 5.81. The van der Waals surface area contributed by atoms with Crippen molar-refractivity contribution in [2.75, 3.05) is 0 Å². The maximum atomic E-state index is 6.84. The highest BCUT2D eigenvalue weighted by atomic mass is 16.3. The Kier molecular flexibility index (Phi) is 8.28. The molecule has 0 N–H and O–H groups in total. The minimum Gasteiger partial charge on any atom is -0.456 e. The second-order valence-corrected chi connectivity index (χ2v) is 20.2. The molecule has 0 aliphatic heterocycles. The zero-order valence-electron chi connectivity index (χ0n) is 40.3. The molecule has 0 saturated carbocycles. The second kappa shape index (κ2) is 15.3. The zero-order chi connectivity index (χ0) is 48.9. The van der Waals surface area contributed by atoms with Gasteiger partial charge in [0.1, 0.15) is 33.5 Å².